The highest BCUT2D eigenvalue weighted by Gasteiger charge is 2.36. The molecule has 4 nitrogen and oxygen atoms in total. The summed E-state index contributed by atoms with van der Waals surface area (Å²) in [5.74, 6) is 0.888. The summed E-state index contributed by atoms with van der Waals surface area (Å²) < 4.78 is 5.35. The fourth-order valence-electron chi connectivity index (χ4n) is 4.60. The first kappa shape index (κ1) is 17.8. The Bertz CT molecular complexity index is 1010. The van der Waals surface area contributed by atoms with Crippen LogP contribution in [0.3, 0.4) is 0 Å². The first-order chi connectivity index (χ1) is 14.3. The predicted molar refractivity (Wildman–Crippen MR) is 116 cm³/mol. The highest BCUT2D eigenvalue weighted by Crippen LogP contribution is 2.45. The highest BCUT2D eigenvalue weighted by molar-refractivity contribution is 5.96. The molecule has 1 aliphatic heterocycles. The number of rotatable bonds is 3. The van der Waals surface area contributed by atoms with E-state index < -0.39 is 0 Å². The van der Waals surface area contributed by atoms with E-state index in [4.69, 9.17) is 4.74 Å². The SMILES string of the molecule is COc1cccc(N2CCN(C(=O)C3c4ccccc4-c4ccccc43)CC2)c1. The Morgan fingerprint density at radius 2 is 1.45 bits per heavy atom. The largest absolute Gasteiger partial charge is 0.497 e. The summed E-state index contributed by atoms with van der Waals surface area (Å²) in [7, 11) is 1.69. The maximum atomic E-state index is 13.6. The van der Waals surface area contributed by atoms with E-state index in [1.54, 1.807) is 7.11 Å². The maximum absolute atomic E-state index is 13.6. The molecule has 146 valence electrons. The van der Waals surface area contributed by atoms with Crippen molar-refractivity contribution in [1.82, 2.24) is 4.90 Å². The average molecular weight is 384 g/mol. The lowest BCUT2D eigenvalue weighted by atomic mass is 9.95. The summed E-state index contributed by atoms with van der Waals surface area (Å²) in [5.41, 5.74) is 5.80. The van der Waals surface area contributed by atoms with E-state index in [1.807, 2.05) is 29.2 Å². The molecule has 1 saturated heterocycles. The van der Waals surface area contributed by atoms with E-state index in [-0.39, 0.29) is 11.8 Å². The van der Waals surface area contributed by atoms with Crippen molar-refractivity contribution in [2.45, 2.75) is 5.92 Å². The van der Waals surface area contributed by atoms with Gasteiger partial charge in [-0.05, 0) is 34.4 Å². The molecule has 1 fully saturated rings. The second kappa shape index (κ2) is 7.28. The molecule has 0 unspecified atom stereocenters. The highest BCUT2D eigenvalue weighted by atomic mass is 16.5. The molecular formula is C25H24N2O2. The molecular weight excluding hydrogens is 360 g/mol. The molecule has 3 aromatic carbocycles. The fourth-order valence-corrected chi connectivity index (χ4v) is 4.60. The first-order valence-corrected chi connectivity index (χ1v) is 10.1. The van der Waals surface area contributed by atoms with Gasteiger partial charge in [0.15, 0.2) is 0 Å². The van der Waals surface area contributed by atoms with Crippen LogP contribution in [0, 0.1) is 0 Å². The minimum absolute atomic E-state index is 0.189. The van der Waals surface area contributed by atoms with Gasteiger partial charge in [-0.1, -0.05) is 54.6 Å². The van der Waals surface area contributed by atoms with Crippen LogP contribution in [0.1, 0.15) is 17.0 Å². The Morgan fingerprint density at radius 1 is 0.828 bits per heavy atom. The van der Waals surface area contributed by atoms with Gasteiger partial charge in [0.1, 0.15) is 5.75 Å². The molecule has 29 heavy (non-hydrogen) atoms. The minimum atomic E-state index is -0.189. The summed E-state index contributed by atoms with van der Waals surface area (Å²) >= 11 is 0. The molecule has 0 spiro atoms. The van der Waals surface area contributed by atoms with E-state index in [0.717, 1.165) is 48.7 Å². The normalized spacial score (nSPS) is 15.8. The third-order valence-corrected chi connectivity index (χ3v) is 6.09. The molecule has 1 amide bonds. The second-order valence-corrected chi connectivity index (χ2v) is 7.62. The monoisotopic (exact) mass is 384 g/mol. The number of hydrogen-bond acceptors (Lipinski definition) is 3. The molecule has 0 atom stereocenters. The Kier molecular flexibility index (Phi) is 4.47. The van der Waals surface area contributed by atoms with Crippen LogP contribution in [0.4, 0.5) is 5.69 Å². The molecule has 1 aliphatic carbocycles. The van der Waals surface area contributed by atoms with Crippen molar-refractivity contribution in [2.75, 3.05) is 38.2 Å². The average Bonchev–Trinajstić information content (AvgIpc) is 3.13. The van der Waals surface area contributed by atoms with Crippen LogP contribution >= 0.6 is 0 Å². The van der Waals surface area contributed by atoms with Crippen LogP contribution in [0.25, 0.3) is 11.1 Å². The van der Waals surface area contributed by atoms with Crippen LogP contribution in [-0.4, -0.2) is 44.1 Å². The van der Waals surface area contributed by atoms with Crippen LogP contribution in [0.2, 0.25) is 0 Å². The van der Waals surface area contributed by atoms with Crippen LogP contribution < -0.4 is 9.64 Å². The van der Waals surface area contributed by atoms with Gasteiger partial charge in [0.25, 0.3) is 0 Å². The lowest BCUT2D eigenvalue weighted by Gasteiger charge is -2.37. The summed E-state index contributed by atoms with van der Waals surface area (Å²) in [6.07, 6.45) is 0. The number of ether oxygens (including phenoxy) is 1. The fraction of sp³-hybridized carbons (Fsp3) is 0.240. The van der Waals surface area contributed by atoms with Crippen molar-refractivity contribution in [3.8, 4) is 16.9 Å². The van der Waals surface area contributed by atoms with Crippen LogP contribution in [-0.2, 0) is 4.79 Å². The number of methoxy groups -OCH3 is 1. The number of hydrogen-bond donors (Lipinski definition) is 0. The summed E-state index contributed by atoms with van der Waals surface area (Å²) in [5, 5.41) is 0. The van der Waals surface area contributed by atoms with Crippen molar-refractivity contribution in [1.29, 1.82) is 0 Å². The van der Waals surface area contributed by atoms with Gasteiger partial charge >= 0.3 is 0 Å². The summed E-state index contributed by atoms with van der Waals surface area (Å²) in [6.45, 7) is 3.12. The molecule has 0 radical (unpaired) electrons. The van der Waals surface area contributed by atoms with Gasteiger partial charge in [-0.3, -0.25) is 4.79 Å². The number of carbonyl (C=O) groups is 1. The Hall–Kier alpha value is -3.27. The number of anilines is 1. The summed E-state index contributed by atoms with van der Waals surface area (Å²) in [4.78, 5) is 17.9. The molecule has 0 saturated carbocycles. The van der Waals surface area contributed by atoms with Gasteiger partial charge in [0, 0.05) is 37.9 Å². The Labute approximate surface area is 171 Å². The molecule has 3 aromatic rings. The van der Waals surface area contributed by atoms with Gasteiger partial charge in [-0.15, -0.1) is 0 Å². The topological polar surface area (TPSA) is 32.8 Å². The molecule has 2 aliphatic rings. The van der Waals surface area contributed by atoms with E-state index in [2.05, 4.69) is 53.4 Å². The van der Waals surface area contributed by atoms with Gasteiger partial charge in [-0.2, -0.15) is 0 Å². The molecule has 0 bridgehead atoms. The lowest BCUT2D eigenvalue weighted by Crippen LogP contribution is -2.50. The number of carbonyl (C=O) groups excluding carboxylic acids is 1. The zero-order valence-electron chi connectivity index (χ0n) is 16.5. The van der Waals surface area contributed by atoms with Gasteiger partial charge in [0.2, 0.25) is 5.91 Å². The van der Waals surface area contributed by atoms with Crippen LogP contribution in [0.15, 0.2) is 72.8 Å². The number of benzene rings is 3. The second-order valence-electron chi connectivity index (χ2n) is 7.62. The van der Waals surface area contributed by atoms with Gasteiger partial charge < -0.3 is 14.5 Å². The number of nitrogens with zero attached hydrogens (tertiary/aromatic N) is 2. The Morgan fingerprint density at radius 3 is 2.07 bits per heavy atom. The Balaban J connectivity index is 1.36. The van der Waals surface area contributed by atoms with Gasteiger partial charge in [-0.25, -0.2) is 0 Å². The molecule has 0 N–H and O–H groups in total. The zero-order chi connectivity index (χ0) is 19.8. The third-order valence-electron chi connectivity index (χ3n) is 6.09. The van der Waals surface area contributed by atoms with Gasteiger partial charge in [0.05, 0.1) is 13.0 Å². The van der Waals surface area contributed by atoms with Crippen molar-refractivity contribution in [3.05, 3.63) is 83.9 Å². The van der Waals surface area contributed by atoms with Crippen molar-refractivity contribution >= 4 is 11.6 Å². The third kappa shape index (κ3) is 3.05. The number of piperazine rings is 1. The first-order valence-electron chi connectivity index (χ1n) is 10.1. The molecule has 1 heterocycles. The number of amides is 1. The number of fused-ring (bicyclic) bond motifs is 3. The van der Waals surface area contributed by atoms with E-state index in [0.29, 0.717) is 0 Å². The molecule has 0 aromatic heterocycles. The maximum Gasteiger partial charge on any atom is 0.234 e. The van der Waals surface area contributed by atoms with Crippen molar-refractivity contribution < 1.29 is 9.53 Å². The summed E-state index contributed by atoms with van der Waals surface area (Å²) in [6, 6.07) is 24.8. The van der Waals surface area contributed by atoms with Crippen molar-refractivity contribution in [2.24, 2.45) is 0 Å². The zero-order valence-corrected chi connectivity index (χ0v) is 16.5. The molecule has 5 rings (SSSR count). The van der Waals surface area contributed by atoms with E-state index in [9.17, 15) is 4.79 Å². The molecule has 4 heteroatoms. The lowest BCUT2D eigenvalue weighted by molar-refractivity contribution is -0.132. The quantitative estimate of drug-likeness (QED) is 0.680. The van der Waals surface area contributed by atoms with Crippen LogP contribution in [0.5, 0.6) is 5.75 Å². The predicted octanol–water partition coefficient (Wildman–Crippen LogP) is 4.16. The van der Waals surface area contributed by atoms with Crippen molar-refractivity contribution in [3.63, 3.8) is 0 Å². The smallest absolute Gasteiger partial charge is 0.234 e. The van der Waals surface area contributed by atoms with E-state index >= 15 is 0 Å². The van der Waals surface area contributed by atoms with E-state index in [1.165, 1.54) is 11.1 Å². The minimum Gasteiger partial charge on any atom is -0.497 e. The standard InChI is InChI=1S/C25H24N2O2/c1-29-19-8-6-7-18(17-19)26-13-15-27(16-14-26)25(28)24-22-11-4-2-9-20(22)21-10-3-5-12-23(21)24/h2-12,17,24H,13-16H2,1H3.